The second kappa shape index (κ2) is 10.7. The number of carbonyl (C=O) groups excluding carboxylic acids is 1. The third kappa shape index (κ3) is 5.67. The summed E-state index contributed by atoms with van der Waals surface area (Å²) in [6, 6.07) is 9.90. The average molecular weight is 496 g/mol. The van der Waals surface area contributed by atoms with Crippen LogP contribution in [0.4, 0.5) is 20.4 Å². The second-order valence-corrected chi connectivity index (χ2v) is 9.41. The highest BCUT2D eigenvalue weighted by molar-refractivity contribution is 5.72. The van der Waals surface area contributed by atoms with Crippen molar-refractivity contribution in [2.24, 2.45) is 11.8 Å². The number of rotatable bonds is 7. The molecule has 0 aromatic carbocycles. The van der Waals surface area contributed by atoms with Gasteiger partial charge in [0.2, 0.25) is 0 Å². The first kappa shape index (κ1) is 25.6. The highest BCUT2D eigenvalue weighted by Crippen LogP contribution is 2.41. The molecule has 3 heterocycles. The molecule has 1 aliphatic carbocycles. The zero-order chi connectivity index (χ0) is 25.9. The van der Waals surface area contributed by atoms with Crippen LogP contribution in [0.15, 0.2) is 48.8 Å². The number of hydrogen-bond acceptors (Lipinski definition) is 7. The summed E-state index contributed by atoms with van der Waals surface area (Å²) in [6.07, 6.45) is 3.06. The van der Waals surface area contributed by atoms with E-state index in [1.54, 1.807) is 25.3 Å². The molecule has 4 rings (SSSR count). The van der Waals surface area contributed by atoms with Crippen LogP contribution in [0.1, 0.15) is 55.9 Å². The number of carbonyl (C=O) groups is 1. The standard InChI is InChI=1S/C27H29F2N4O3/c1-16-12-21(32-24(13-16)33-23-14-18(25(28)29)10-11-30-23)19-6-9-22(31-15-19)27(2,35)20-7-4-17(5-8-20)26(34)36-3/h6,9-15,17,20,25,35H,3-5,7-8H2,1-2H3,(H,30,32,33)/t17-,20-,27-/m1/s1. The van der Waals surface area contributed by atoms with Crippen LogP contribution >= 0.6 is 0 Å². The van der Waals surface area contributed by atoms with Crippen molar-refractivity contribution in [2.75, 3.05) is 5.32 Å². The molecule has 189 valence electrons. The normalized spacial score (nSPS) is 19.5. The Hall–Kier alpha value is -3.46. The van der Waals surface area contributed by atoms with Gasteiger partial charge in [0.1, 0.15) is 24.3 Å². The Morgan fingerprint density at radius 1 is 1.14 bits per heavy atom. The van der Waals surface area contributed by atoms with Gasteiger partial charge in [-0.05, 0) is 87.4 Å². The molecule has 3 aromatic heterocycles. The number of aromatic nitrogens is 3. The Kier molecular flexibility index (Phi) is 7.59. The van der Waals surface area contributed by atoms with Gasteiger partial charge >= 0.3 is 5.97 Å². The summed E-state index contributed by atoms with van der Waals surface area (Å²) < 4.78 is 30.6. The molecule has 0 unspecified atom stereocenters. The van der Waals surface area contributed by atoms with Gasteiger partial charge in [0.15, 0.2) is 0 Å². The molecule has 7 nitrogen and oxygen atoms in total. The smallest absolute Gasteiger partial charge is 0.309 e. The van der Waals surface area contributed by atoms with Crippen molar-refractivity contribution in [3.05, 3.63) is 72.7 Å². The van der Waals surface area contributed by atoms with Crippen molar-refractivity contribution in [3.63, 3.8) is 0 Å². The van der Waals surface area contributed by atoms with Crippen molar-refractivity contribution >= 4 is 17.6 Å². The van der Waals surface area contributed by atoms with E-state index in [-0.39, 0.29) is 29.2 Å². The molecule has 3 aromatic rings. The predicted molar refractivity (Wildman–Crippen MR) is 131 cm³/mol. The van der Waals surface area contributed by atoms with Crippen LogP contribution in [0, 0.1) is 25.9 Å². The van der Waals surface area contributed by atoms with Gasteiger partial charge in [-0.2, -0.15) is 0 Å². The molecule has 0 amide bonds. The van der Waals surface area contributed by atoms with E-state index in [4.69, 9.17) is 0 Å². The predicted octanol–water partition coefficient (Wildman–Crippen LogP) is 5.88. The fourth-order valence-electron chi connectivity index (χ4n) is 4.72. The van der Waals surface area contributed by atoms with Gasteiger partial charge in [-0.25, -0.2) is 18.7 Å². The Morgan fingerprint density at radius 3 is 2.53 bits per heavy atom. The Balaban J connectivity index is 1.50. The van der Waals surface area contributed by atoms with Gasteiger partial charge in [-0.15, -0.1) is 0 Å². The fraction of sp³-hybridized carbons (Fsp3) is 0.370. The van der Waals surface area contributed by atoms with Crippen molar-refractivity contribution in [2.45, 2.75) is 51.6 Å². The zero-order valence-electron chi connectivity index (χ0n) is 20.2. The topological polar surface area (TPSA) is 97.2 Å². The number of nitrogens with zero attached hydrogens (tertiary/aromatic N) is 3. The Bertz CT molecular complexity index is 1210. The molecular formula is C27H29F2N4O3. The number of pyridine rings is 3. The van der Waals surface area contributed by atoms with Gasteiger partial charge in [0, 0.05) is 23.5 Å². The summed E-state index contributed by atoms with van der Waals surface area (Å²) in [5.74, 6) is 0.243. The molecule has 0 spiro atoms. The third-order valence-corrected chi connectivity index (χ3v) is 6.84. The van der Waals surface area contributed by atoms with E-state index >= 15 is 0 Å². The molecule has 9 heteroatoms. The summed E-state index contributed by atoms with van der Waals surface area (Å²) in [6.45, 7) is 3.67. The van der Waals surface area contributed by atoms with Gasteiger partial charge in [0.25, 0.3) is 6.43 Å². The van der Waals surface area contributed by atoms with Crippen LogP contribution in [-0.4, -0.2) is 26.0 Å². The molecule has 0 aliphatic heterocycles. The lowest BCUT2D eigenvalue weighted by Gasteiger charge is -2.37. The number of halogens is 2. The second-order valence-electron chi connectivity index (χ2n) is 9.41. The van der Waals surface area contributed by atoms with Crippen LogP contribution in [0.3, 0.4) is 0 Å². The lowest BCUT2D eigenvalue weighted by Crippen LogP contribution is -2.36. The van der Waals surface area contributed by atoms with Crippen LogP contribution in [-0.2, 0) is 15.1 Å². The molecule has 1 fully saturated rings. The number of nitrogens with one attached hydrogen (secondary N) is 1. The number of aryl methyl sites for hydroxylation is 1. The maximum Gasteiger partial charge on any atom is 0.309 e. The number of anilines is 2. The monoisotopic (exact) mass is 495 g/mol. The fourth-order valence-corrected chi connectivity index (χ4v) is 4.72. The van der Waals surface area contributed by atoms with E-state index in [0.29, 0.717) is 42.9 Å². The summed E-state index contributed by atoms with van der Waals surface area (Å²) in [5.41, 5.74) is 1.59. The highest BCUT2D eigenvalue weighted by Gasteiger charge is 2.39. The molecule has 0 saturated heterocycles. The quantitative estimate of drug-likeness (QED) is 0.395. The Morgan fingerprint density at radius 2 is 1.89 bits per heavy atom. The minimum Gasteiger partial charge on any atom is -0.462 e. The lowest BCUT2D eigenvalue weighted by molar-refractivity contribution is -0.145. The van der Waals surface area contributed by atoms with E-state index in [2.05, 4.69) is 32.1 Å². The number of ether oxygens (including phenoxy) is 1. The van der Waals surface area contributed by atoms with Crippen molar-refractivity contribution < 1.29 is 23.4 Å². The molecule has 0 bridgehead atoms. The lowest BCUT2D eigenvalue weighted by atomic mass is 9.73. The van der Waals surface area contributed by atoms with E-state index in [0.717, 1.165) is 11.1 Å². The third-order valence-electron chi connectivity index (χ3n) is 6.84. The molecule has 36 heavy (non-hydrogen) atoms. The molecule has 1 atom stereocenters. The molecule has 1 aliphatic rings. The van der Waals surface area contributed by atoms with Crippen molar-refractivity contribution in [1.82, 2.24) is 15.0 Å². The molecule has 2 N–H and O–H groups in total. The highest BCUT2D eigenvalue weighted by atomic mass is 19.3. The first-order valence-electron chi connectivity index (χ1n) is 11.8. The van der Waals surface area contributed by atoms with Crippen LogP contribution in [0.2, 0.25) is 0 Å². The van der Waals surface area contributed by atoms with Gasteiger partial charge < -0.3 is 15.2 Å². The van der Waals surface area contributed by atoms with Crippen molar-refractivity contribution in [3.8, 4) is 11.3 Å². The van der Waals surface area contributed by atoms with Crippen molar-refractivity contribution in [1.29, 1.82) is 0 Å². The minimum atomic E-state index is -2.59. The van der Waals surface area contributed by atoms with Gasteiger partial charge in [-0.1, -0.05) is 0 Å². The number of esters is 1. The minimum absolute atomic E-state index is 0.0332. The van der Waals surface area contributed by atoms with Gasteiger partial charge in [-0.3, -0.25) is 9.78 Å². The first-order chi connectivity index (χ1) is 17.2. The molecular weight excluding hydrogens is 466 g/mol. The van der Waals surface area contributed by atoms with Crippen LogP contribution in [0.5, 0.6) is 0 Å². The van der Waals surface area contributed by atoms with Crippen LogP contribution < -0.4 is 5.32 Å². The number of alkyl halides is 2. The average Bonchev–Trinajstić information content (AvgIpc) is 2.88. The largest absolute Gasteiger partial charge is 0.462 e. The molecule has 1 radical (unpaired) electrons. The van der Waals surface area contributed by atoms with E-state index in [1.165, 1.54) is 18.3 Å². The maximum absolute atomic E-state index is 13.0. The van der Waals surface area contributed by atoms with E-state index in [9.17, 15) is 18.7 Å². The van der Waals surface area contributed by atoms with E-state index in [1.807, 2.05) is 19.1 Å². The van der Waals surface area contributed by atoms with E-state index < -0.39 is 12.0 Å². The summed E-state index contributed by atoms with van der Waals surface area (Å²) in [4.78, 5) is 25.0. The van der Waals surface area contributed by atoms with Gasteiger partial charge in [0.05, 0.1) is 17.3 Å². The Labute approximate surface area is 209 Å². The SMILES string of the molecule is [CH2]OC(=O)[C@H]1CC[C@H]([C@@](C)(O)c2ccc(-c3cc(C)cc(Nc4cc(C(F)F)ccn4)n3)cn2)CC1. The summed E-state index contributed by atoms with van der Waals surface area (Å²) in [7, 11) is 3.20. The first-order valence-corrected chi connectivity index (χ1v) is 11.8. The summed E-state index contributed by atoms with van der Waals surface area (Å²) >= 11 is 0. The number of hydrogen-bond donors (Lipinski definition) is 2. The maximum atomic E-state index is 13.0. The zero-order valence-corrected chi connectivity index (χ0v) is 20.2. The number of aliphatic hydroxyl groups is 1. The van der Waals surface area contributed by atoms with Crippen LogP contribution in [0.25, 0.3) is 11.3 Å². The molecule has 1 saturated carbocycles. The summed E-state index contributed by atoms with van der Waals surface area (Å²) in [5, 5.41) is 14.3.